The van der Waals surface area contributed by atoms with Crippen LogP contribution in [0, 0.1) is 0 Å². The Labute approximate surface area is 206 Å². The standard InChI is InChI=1S/C25H36BN2O5P/c1-20(28-13-2-3-14-29-15-4-16-30-18-21(28)19-31-26)17-27-33-24-7-5-22(6-8-24)32-23-9-11-25(34)12-10-23/h5-12,21,27H,1-4,13-19,26,34H2/t21-/m0/s1. The minimum atomic E-state index is 0.108. The van der Waals surface area contributed by atoms with Gasteiger partial charge in [0, 0.05) is 32.1 Å². The van der Waals surface area contributed by atoms with E-state index < -0.39 is 0 Å². The Morgan fingerprint density at radius 2 is 1.62 bits per heavy atom. The SMILES string of the molecule is BOC[C@@H]1COCCCOCCCCN1C(=C)CNOc1ccc(Oc2ccc(P)cc2)cc1. The Balaban J connectivity index is 1.49. The lowest BCUT2D eigenvalue weighted by Crippen LogP contribution is -2.44. The normalized spacial score (nSPS) is 17.9. The number of hydroxylamine groups is 1. The summed E-state index contributed by atoms with van der Waals surface area (Å²) in [5.74, 6) is 2.24. The third-order valence-electron chi connectivity index (χ3n) is 5.44. The van der Waals surface area contributed by atoms with Crippen LogP contribution in [0.5, 0.6) is 17.2 Å². The number of nitrogens with one attached hydrogen (secondary N) is 1. The fourth-order valence-corrected chi connectivity index (χ4v) is 3.83. The zero-order valence-electron chi connectivity index (χ0n) is 20.0. The van der Waals surface area contributed by atoms with Gasteiger partial charge in [0.1, 0.15) is 17.2 Å². The predicted octanol–water partition coefficient (Wildman–Crippen LogP) is 2.83. The smallest absolute Gasteiger partial charge is 0.257 e. The highest BCUT2D eigenvalue weighted by Gasteiger charge is 2.20. The summed E-state index contributed by atoms with van der Waals surface area (Å²) in [4.78, 5) is 8.00. The van der Waals surface area contributed by atoms with Crippen molar-refractivity contribution in [3.8, 4) is 17.2 Å². The summed E-state index contributed by atoms with van der Waals surface area (Å²) < 4.78 is 22.9. The van der Waals surface area contributed by atoms with E-state index >= 15 is 0 Å². The van der Waals surface area contributed by atoms with Crippen LogP contribution in [-0.4, -0.2) is 65.1 Å². The molecule has 1 N–H and O–H groups in total. The summed E-state index contributed by atoms with van der Waals surface area (Å²) >= 11 is 0. The van der Waals surface area contributed by atoms with Crippen molar-refractivity contribution in [1.29, 1.82) is 0 Å². The third kappa shape index (κ3) is 9.28. The maximum atomic E-state index is 5.88. The Bertz CT molecular complexity index is 853. The van der Waals surface area contributed by atoms with Gasteiger partial charge < -0.3 is 28.6 Å². The van der Waals surface area contributed by atoms with Crippen molar-refractivity contribution >= 4 is 22.6 Å². The van der Waals surface area contributed by atoms with Crippen LogP contribution < -0.4 is 20.4 Å². The molecule has 34 heavy (non-hydrogen) atoms. The van der Waals surface area contributed by atoms with Gasteiger partial charge in [0.05, 0.1) is 25.8 Å². The lowest BCUT2D eigenvalue weighted by Gasteiger charge is -2.35. The second-order valence-corrected chi connectivity index (χ2v) is 8.85. The van der Waals surface area contributed by atoms with Crippen molar-refractivity contribution in [1.82, 2.24) is 10.4 Å². The second kappa shape index (κ2) is 15.0. The van der Waals surface area contributed by atoms with Gasteiger partial charge >= 0.3 is 0 Å². The van der Waals surface area contributed by atoms with Crippen molar-refractivity contribution in [2.75, 3.05) is 46.1 Å². The summed E-state index contributed by atoms with van der Waals surface area (Å²) in [6.07, 6.45) is 2.94. The lowest BCUT2D eigenvalue weighted by atomic mass is 10.2. The molecule has 0 amide bonds. The van der Waals surface area contributed by atoms with E-state index in [1.165, 1.54) is 0 Å². The fourth-order valence-electron chi connectivity index (χ4n) is 3.64. The largest absolute Gasteiger partial charge is 0.457 e. The van der Waals surface area contributed by atoms with E-state index in [4.69, 9.17) is 23.7 Å². The molecule has 0 aromatic heterocycles. The molecule has 0 saturated carbocycles. The quantitative estimate of drug-likeness (QED) is 0.332. The van der Waals surface area contributed by atoms with Gasteiger partial charge in [-0.2, -0.15) is 5.48 Å². The molecule has 184 valence electrons. The van der Waals surface area contributed by atoms with Gasteiger partial charge in [-0.05, 0) is 61.0 Å². The van der Waals surface area contributed by atoms with Crippen LogP contribution >= 0.6 is 9.24 Å². The summed E-state index contributed by atoms with van der Waals surface area (Å²) in [7, 11) is 4.38. The van der Waals surface area contributed by atoms with Crippen LogP contribution in [0.3, 0.4) is 0 Å². The van der Waals surface area contributed by atoms with Gasteiger partial charge in [-0.1, -0.05) is 18.7 Å². The van der Waals surface area contributed by atoms with Crippen LogP contribution in [0.15, 0.2) is 60.8 Å². The van der Waals surface area contributed by atoms with Crippen molar-refractivity contribution in [2.24, 2.45) is 0 Å². The highest BCUT2D eigenvalue weighted by atomic mass is 31.0. The van der Waals surface area contributed by atoms with Crippen LogP contribution in [-0.2, 0) is 14.1 Å². The number of ether oxygens (including phenoxy) is 3. The molecule has 2 atom stereocenters. The molecule has 7 nitrogen and oxygen atoms in total. The first-order valence-electron chi connectivity index (χ1n) is 11.8. The molecule has 1 heterocycles. The molecule has 2 aromatic carbocycles. The van der Waals surface area contributed by atoms with E-state index in [2.05, 4.69) is 26.2 Å². The average molecular weight is 486 g/mol. The van der Waals surface area contributed by atoms with Crippen LogP contribution in [0.4, 0.5) is 0 Å². The number of hydrogen-bond acceptors (Lipinski definition) is 7. The van der Waals surface area contributed by atoms with Gasteiger partial charge in [0.2, 0.25) is 0 Å². The molecule has 0 aliphatic carbocycles. The lowest BCUT2D eigenvalue weighted by molar-refractivity contribution is 0.0276. The van der Waals surface area contributed by atoms with E-state index in [1.54, 1.807) is 8.05 Å². The second-order valence-electron chi connectivity index (χ2n) is 8.18. The highest BCUT2D eigenvalue weighted by Crippen LogP contribution is 2.23. The number of nitrogens with zero attached hydrogens (tertiary/aromatic N) is 1. The maximum Gasteiger partial charge on any atom is 0.257 e. The van der Waals surface area contributed by atoms with Crippen LogP contribution in [0.1, 0.15) is 19.3 Å². The Morgan fingerprint density at radius 1 is 0.971 bits per heavy atom. The maximum absolute atomic E-state index is 5.88. The minimum Gasteiger partial charge on any atom is -0.457 e. The van der Waals surface area contributed by atoms with Gasteiger partial charge in [0.15, 0.2) is 0 Å². The molecule has 9 heteroatoms. The molecule has 1 saturated heterocycles. The van der Waals surface area contributed by atoms with Gasteiger partial charge in [-0.15, -0.1) is 9.24 Å². The molecular formula is C25H36BN2O5P. The van der Waals surface area contributed by atoms with Gasteiger partial charge in [-0.3, -0.25) is 0 Å². The van der Waals surface area contributed by atoms with Crippen molar-refractivity contribution in [2.45, 2.75) is 25.3 Å². The average Bonchev–Trinajstić information content (AvgIpc) is 2.83. The molecule has 0 bridgehead atoms. The Morgan fingerprint density at radius 3 is 2.35 bits per heavy atom. The van der Waals surface area contributed by atoms with Crippen LogP contribution in [0.25, 0.3) is 0 Å². The summed E-state index contributed by atoms with van der Waals surface area (Å²) in [6.45, 7) is 9.04. The first-order chi connectivity index (χ1) is 16.7. The monoisotopic (exact) mass is 486 g/mol. The molecule has 3 rings (SSSR count). The topological polar surface area (TPSA) is 61.4 Å². The molecule has 1 fully saturated rings. The van der Waals surface area contributed by atoms with E-state index in [0.717, 1.165) is 61.5 Å². The molecule has 0 radical (unpaired) electrons. The third-order valence-corrected chi connectivity index (χ3v) is 5.82. The molecule has 1 unspecified atom stereocenters. The van der Waals surface area contributed by atoms with Gasteiger partial charge in [-0.25, -0.2) is 0 Å². The molecular weight excluding hydrogens is 450 g/mol. The minimum absolute atomic E-state index is 0.108. The fraction of sp³-hybridized carbons (Fsp3) is 0.440. The molecule has 1 aliphatic rings. The summed E-state index contributed by atoms with van der Waals surface area (Å²) in [5, 5.41) is 1.12. The van der Waals surface area contributed by atoms with E-state index in [-0.39, 0.29) is 6.04 Å². The van der Waals surface area contributed by atoms with E-state index in [9.17, 15) is 0 Å². The Kier molecular flexibility index (Phi) is 11.7. The molecule has 0 spiro atoms. The van der Waals surface area contributed by atoms with E-state index in [1.807, 2.05) is 48.5 Å². The highest BCUT2D eigenvalue weighted by molar-refractivity contribution is 7.27. The van der Waals surface area contributed by atoms with Crippen molar-refractivity contribution < 1.29 is 23.7 Å². The van der Waals surface area contributed by atoms with Gasteiger partial charge in [0.25, 0.3) is 8.05 Å². The summed E-state index contributed by atoms with van der Waals surface area (Å²) in [5.41, 5.74) is 3.96. The number of benzene rings is 2. The zero-order chi connectivity index (χ0) is 24.0. The van der Waals surface area contributed by atoms with Crippen molar-refractivity contribution in [3.63, 3.8) is 0 Å². The van der Waals surface area contributed by atoms with E-state index in [0.29, 0.717) is 32.1 Å². The first-order valence-corrected chi connectivity index (χ1v) is 12.4. The summed E-state index contributed by atoms with van der Waals surface area (Å²) in [6, 6.07) is 15.5. The number of rotatable bonds is 9. The zero-order valence-corrected chi connectivity index (χ0v) is 21.2. The Hall–Kier alpha value is -2.09. The predicted molar refractivity (Wildman–Crippen MR) is 141 cm³/mol. The molecule has 2 aromatic rings. The molecule has 1 aliphatic heterocycles. The van der Waals surface area contributed by atoms with Crippen LogP contribution in [0.2, 0.25) is 0 Å². The van der Waals surface area contributed by atoms with Crippen molar-refractivity contribution in [3.05, 3.63) is 60.8 Å². The number of hydrogen-bond donors (Lipinski definition) is 1. The first kappa shape index (κ1) is 26.5.